The van der Waals surface area contributed by atoms with E-state index in [4.69, 9.17) is 23.1 Å². The van der Waals surface area contributed by atoms with Gasteiger partial charge in [0.05, 0.1) is 5.03 Å². The zero-order chi connectivity index (χ0) is 7.56. The van der Waals surface area contributed by atoms with Crippen LogP contribution in [0.15, 0.2) is 23.0 Å². The van der Waals surface area contributed by atoms with E-state index in [1.165, 1.54) is 19.0 Å². The van der Waals surface area contributed by atoms with E-state index in [1.807, 2.05) is 0 Å². The van der Waals surface area contributed by atoms with Crippen molar-refractivity contribution in [3.05, 3.63) is 23.0 Å². The maximum atomic E-state index is 5.64. The van der Waals surface area contributed by atoms with E-state index >= 15 is 0 Å². The lowest BCUT2D eigenvalue weighted by Gasteiger charge is -1.94. The lowest BCUT2D eigenvalue weighted by molar-refractivity contribution is 0.979. The first-order valence-corrected chi connectivity index (χ1v) is 3.66. The summed E-state index contributed by atoms with van der Waals surface area (Å²) in [5.41, 5.74) is 11.6. The average Bonchev–Trinajstić information content (AvgIpc) is 2.68. The van der Waals surface area contributed by atoms with Gasteiger partial charge < -0.3 is 11.5 Å². The number of allylic oxidation sites excluding steroid dienone is 3. The fourth-order valence-electron chi connectivity index (χ4n) is 0.742. The zero-order valence-electron chi connectivity index (χ0n) is 5.68. The van der Waals surface area contributed by atoms with Crippen LogP contribution in [-0.2, 0) is 0 Å². The molecule has 0 saturated heterocycles. The van der Waals surface area contributed by atoms with Crippen molar-refractivity contribution in [2.45, 2.75) is 12.8 Å². The Hall–Kier alpha value is -0.630. The van der Waals surface area contributed by atoms with Gasteiger partial charge in [0.1, 0.15) is 0 Å². The molecule has 0 amide bonds. The smallest absolute Gasteiger partial charge is 0.0577 e. The highest BCUT2D eigenvalue weighted by Gasteiger charge is 2.23. The number of hydrogen-bond donors (Lipinski definition) is 2. The molecule has 56 valence electrons. The molecular weight excluding hydrogens is 148 g/mol. The molecule has 2 nitrogen and oxygen atoms in total. The van der Waals surface area contributed by atoms with Crippen molar-refractivity contribution in [2.75, 3.05) is 0 Å². The Balaban J connectivity index is 2.51. The van der Waals surface area contributed by atoms with Crippen LogP contribution in [0.4, 0.5) is 0 Å². The Morgan fingerprint density at radius 1 is 1.50 bits per heavy atom. The molecule has 0 heterocycles. The second-order valence-electron chi connectivity index (χ2n) is 2.47. The maximum absolute atomic E-state index is 5.64. The SMILES string of the molecule is N/C=C(Cl)\C=C(/N)C1CC1. The summed E-state index contributed by atoms with van der Waals surface area (Å²) in [4.78, 5) is 0. The van der Waals surface area contributed by atoms with E-state index < -0.39 is 0 Å². The van der Waals surface area contributed by atoms with Crippen LogP contribution < -0.4 is 11.5 Å². The molecular formula is C7H11ClN2. The molecule has 0 aromatic heterocycles. The lowest BCUT2D eigenvalue weighted by Crippen LogP contribution is -1.98. The summed E-state index contributed by atoms with van der Waals surface area (Å²) in [5.74, 6) is 0.564. The molecule has 1 aliphatic rings. The molecule has 0 spiro atoms. The van der Waals surface area contributed by atoms with Gasteiger partial charge in [-0.05, 0) is 24.8 Å². The third kappa shape index (κ3) is 1.95. The van der Waals surface area contributed by atoms with Gasteiger partial charge in [0.25, 0.3) is 0 Å². The Bertz CT molecular complexity index is 180. The molecule has 0 aliphatic heterocycles. The zero-order valence-corrected chi connectivity index (χ0v) is 6.43. The number of hydrogen-bond acceptors (Lipinski definition) is 2. The van der Waals surface area contributed by atoms with Gasteiger partial charge in [0.15, 0.2) is 0 Å². The van der Waals surface area contributed by atoms with Crippen LogP contribution in [0.3, 0.4) is 0 Å². The Kier molecular flexibility index (Phi) is 2.22. The van der Waals surface area contributed by atoms with Crippen molar-refractivity contribution in [2.24, 2.45) is 17.4 Å². The van der Waals surface area contributed by atoms with E-state index in [-0.39, 0.29) is 0 Å². The van der Waals surface area contributed by atoms with Crippen LogP contribution in [-0.4, -0.2) is 0 Å². The van der Waals surface area contributed by atoms with Gasteiger partial charge in [0.2, 0.25) is 0 Å². The quantitative estimate of drug-likeness (QED) is 0.595. The fourth-order valence-corrected chi connectivity index (χ4v) is 0.868. The van der Waals surface area contributed by atoms with Gasteiger partial charge in [0, 0.05) is 11.9 Å². The van der Waals surface area contributed by atoms with Crippen LogP contribution in [0.2, 0.25) is 0 Å². The number of halogens is 1. The van der Waals surface area contributed by atoms with E-state index in [1.54, 1.807) is 6.08 Å². The summed E-state index contributed by atoms with van der Waals surface area (Å²) >= 11 is 5.61. The highest BCUT2D eigenvalue weighted by molar-refractivity contribution is 6.31. The summed E-state index contributed by atoms with van der Waals surface area (Å²) in [5, 5.41) is 0.518. The summed E-state index contributed by atoms with van der Waals surface area (Å²) in [6.45, 7) is 0. The first kappa shape index (κ1) is 7.48. The van der Waals surface area contributed by atoms with Gasteiger partial charge in [-0.25, -0.2) is 0 Å². The lowest BCUT2D eigenvalue weighted by atomic mass is 10.3. The van der Waals surface area contributed by atoms with Crippen molar-refractivity contribution >= 4 is 11.6 Å². The minimum atomic E-state index is 0.518. The van der Waals surface area contributed by atoms with Gasteiger partial charge in [-0.1, -0.05) is 11.6 Å². The van der Waals surface area contributed by atoms with E-state index in [9.17, 15) is 0 Å². The molecule has 1 saturated carbocycles. The topological polar surface area (TPSA) is 52.0 Å². The molecule has 10 heavy (non-hydrogen) atoms. The summed E-state index contributed by atoms with van der Waals surface area (Å²) in [7, 11) is 0. The molecule has 0 radical (unpaired) electrons. The summed E-state index contributed by atoms with van der Waals surface area (Å²) in [6, 6.07) is 0. The first-order chi connectivity index (χ1) is 4.74. The van der Waals surface area contributed by atoms with Crippen molar-refractivity contribution in [1.29, 1.82) is 0 Å². The van der Waals surface area contributed by atoms with Gasteiger partial charge in [-0.2, -0.15) is 0 Å². The molecule has 0 bridgehead atoms. The Morgan fingerprint density at radius 2 is 2.10 bits per heavy atom. The van der Waals surface area contributed by atoms with Crippen molar-refractivity contribution in [3.8, 4) is 0 Å². The van der Waals surface area contributed by atoms with E-state index in [0.29, 0.717) is 11.0 Å². The molecule has 0 aromatic rings. The predicted octanol–water partition coefficient (Wildman–Crippen LogP) is 1.28. The molecule has 1 aliphatic carbocycles. The highest BCUT2D eigenvalue weighted by atomic mass is 35.5. The molecule has 4 N–H and O–H groups in total. The second-order valence-corrected chi connectivity index (χ2v) is 2.91. The minimum absolute atomic E-state index is 0.518. The molecule has 3 heteroatoms. The third-order valence-corrected chi connectivity index (χ3v) is 1.75. The monoisotopic (exact) mass is 158 g/mol. The van der Waals surface area contributed by atoms with E-state index in [0.717, 1.165) is 5.70 Å². The molecule has 1 rings (SSSR count). The Labute approximate surface area is 65.5 Å². The number of nitrogens with two attached hydrogens (primary N) is 2. The molecule has 0 unspecified atom stereocenters. The van der Waals surface area contributed by atoms with Crippen molar-refractivity contribution < 1.29 is 0 Å². The molecule has 1 fully saturated rings. The van der Waals surface area contributed by atoms with Crippen LogP contribution >= 0.6 is 11.6 Å². The van der Waals surface area contributed by atoms with Crippen molar-refractivity contribution in [3.63, 3.8) is 0 Å². The number of rotatable bonds is 2. The highest BCUT2D eigenvalue weighted by Crippen LogP contribution is 2.34. The first-order valence-electron chi connectivity index (χ1n) is 3.28. The normalized spacial score (nSPS) is 21.3. The average molecular weight is 159 g/mol. The van der Waals surface area contributed by atoms with Gasteiger partial charge >= 0.3 is 0 Å². The summed E-state index contributed by atoms with van der Waals surface area (Å²) in [6.07, 6.45) is 5.45. The van der Waals surface area contributed by atoms with E-state index in [2.05, 4.69) is 0 Å². The minimum Gasteiger partial charge on any atom is -0.403 e. The van der Waals surface area contributed by atoms with Crippen molar-refractivity contribution in [1.82, 2.24) is 0 Å². The van der Waals surface area contributed by atoms with Gasteiger partial charge in [-0.3, -0.25) is 0 Å². The standard InChI is InChI=1S/C7H11ClN2/c8-6(4-9)3-7(10)5-1-2-5/h3-5H,1-2,9-10H2/b6-4+,7-3-. The van der Waals surface area contributed by atoms with Crippen LogP contribution in [0.5, 0.6) is 0 Å². The largest absolute Gasteiger partial charge is 0.403 e. The Morgan fingerprint density at radius 3 is 2.50 bits per heavy atom. The van der Waals surface area contributed by atoms with Gasteiger partial charge in [-0.15, -0.1) is 0 Å². The molecule has 0 atom stereocenters. The maximum Gasteiger partial charge on any atom is 0.0577 e. The summed E-state index contributed by atoms with van der Waals surface area (Å²) < 4.78 is 0. The fraction of sp³-hybridized carbons (Fsp3) is 0.429. The second kappa shape index (κ2) is 2.97. The van der Waals surface area contributed by atoms with Crippen LogP contribution in [0.1, 0.15) is 12.8 Å². The molecule has 0 aromatic carbocycles. The third-order valence-electron chi connectivity index (χ3n) is 1.51. The van der Waals surface area contributed by atoms with Crippen LogP contribution in [0, 0.1) is 5.92 Å². The predicted molar refractivity (Wildman–Crippen MR) is 43.1 cm³/mol. The van der Waals surface area contributed by atoms with Crippen LogP contribution in [0.25, 0.3) is 0 Å².